The standard InChI is InChI=1S/C28H25N5O3S/c34-24(30-20-9-2-1-3-10-20)14-17-33-26(25(31-28(33)37)22-12-4-5-15-29-22)23-13-7-16-32(23)21-11-6-8-19(18-21)27(35)36/h1-13,15-16,18,25-26H,14,17H2,(H,30,34)(H,31,37)(H,35,36)/t25-,26-/m1/s1. The molecule has 1 aliphatic heterocycles. The first-order valence-corrected chi connectivity index (χ1v) is 12.3. The average molecular weight is 512 g/mol. The molecule has 1 aliphatic rings. The molecule has 186 valence electrons. The number of benzene rings is 2. The topological polar surface area (TPSA) is 99.5 Å². The summed E-state index contributed by atoms with van der Waals surface area (Å²) < 4.78 is 1.96. The maximum absolute atomic E-state index is 12.7. The van der Waals surface area contributed by atoms with Crippen LogP contribution in [0.5, 0.6) is 0 Å². The summed E-state index contributed by atoms with van der Waals surface area (Å²) in [6, 6.07) is 25.2. The number of para-hydroxylation sites is 1. The van der Waals surface area contributed by atoms with Gasteiger partial charge in [0.1, 0.15) is 0 Å². The van der Waals surface area contributed by atoms with E-state index in [1.807, 2.05) is 82.4 Å². The molecule has 37 heavy (non-hydrogen) atoms. The second-order valence-corrected chi connectivity index (χ2v) is 9.03. The number of nitrogens with one attached hydrogen (secondary N) is 2. The molecule has 1 saturated heterocycles. The van der Waals surface area contributed by atoms with Gasteiger partial charge in [-0.2, -0.15) is 0 Å². The molecule has 4 aromatic rings. The zero-order chi connectivity index (χ0) is 25.8. The summed E-state index contributed by atoms with van der Waals surface area (Å²) in [6.07, 6.45) is 3.87. The first-order chi connectivity index (χ1) is 18.0. The molecule has 0 radical (unpaired) electrons. The second kappa shape index (κ2) is 10.6. The molecule has 1 amide bonds. The lowest BCUT2D eigenvalue weighted by Crippen LogP contribution is -2.33. The van der Waals surface area contributed by atoms with E-state index in [2.05, 4.69) is 15.6 Å². The van der Waals surface area contributed by atoms with Crippen LogP contribution in [-0.4, -0.2) is 43.1 Å². The third kappa shape index (κ3) is 5.22. The average Bonchev–Trinajstić information content (AvgIpc) is 3.53. The minimum absolute atomic E-state index is 0.112. The fourth-order valence-corrected chi connectivity index (χ4v) is 4.93. The van der Waals surface area contributed by atoms with Crippen LogP contribution in [0.4, 0.5) is 5.69 Å². The third-order valence-electron chi connectivity index (χ3n) is 6.29. The maximum atomic E-state index is 12.7. The number of carboxylic acids is 1. The Labute approximate surface area is 219 Å². The second-order valence-electron chi connectivity index (χ2n) is 8.64. The predicted molar refractivity (Wildman–Crippen MR) is 145 cm³/mol. The molecular weight excluding hydrogens is 486 g/mol. The summed E-state index contributed by atoms with van der Waals surface area (Å²) in [5.74, 6) is -1.10. The number of pyridine rings is 1. The Morgan fingerprint density at radius 3 is 2.57 bits per heavy atom. The SMILES string of the molecule is O=C(CCN1C(=S)N[C@H](c2ccccn2)[C@H]1c1cccn1-c1cccc(C(=O)O)c1)Nc1ccccc1. The molecule has 5 rings (SSSR count). The number of amides is 1. The van der Waals surface area contributed by atoms with Gasteiger partial charge in [-0.1, -0.05) is 30.3 Å². The van der Waals surface area contributed by atoms with Crippen LogP contribution >= 0.6 is 12.2 Å². The molecule has 3 heterocycles. The zero-order valence-corrected chi connectivity index (χ0v) is 20.6. The molecule has 0 spiro atoms. The number of nitrogens with zero attached hydrogens (tertiary/aromatic N) is 3. The van der Waals surface area contributed by atoms with Gasteiger partial charge in [0.2, 0.25) is 5.91 Å². The van der Waals surface area contributed by atoms with Gasteiger partial charge in [-0.25, -0.2) is 4.79 Å². The van der Waals surface area contributed by atoms with Crippen molar-refractivity contribution in [3.8, 4) is 5.69 Å². The lowest BCUT2D eigenvalue weighted by Gasteiger charge is -2.29. The Morgan fingerprint density at radius 1 is 1.00 bits per heavy atom. The summed E-state index contributed by atoms with van der Waals surface area (Å²) in [4.78, 5) is 30.9. The summed E-state index contributed by atoms with van der Waals surface area (Å²) in [7, 11) is 0. The number of hydrogen-bond donors (Lipinski definition) is 3. The highest BCUT2D eigenvalue weighted by Gasteiger charge is 2.41. The number of thiocarbonyl (C=S) groups is 1. The van der Waals surface area contributed by atoms with Crippen LogP contribution in [0.2, 0.25) is 0 Å². The van der Waals surface area contributed by atoms with Crippen molar-refractivity contribution >= 4 is 34.9 Å². The van der Waals surface area contributed by atoms with Crippen molar-refractivity contribution in [2.24, 2.45) is 0 Å². The van der Waals surface area contributed by atoms with Gasteiger partial charge < -0.3 is 25.2 Å². The molecule has 2 aromatic carbocycles. The number of carbonyl (C=O) groups excluding carboxylic acids is 1. The fourth-order valence-electron chi connectivity index (χ4n) is 4.59. The Balaban J connectivity index is 1.47. The minimum atomic E-state index is -0.989. The number of aromatic nitrogens is 2. The minimum Gasteiger partial charge on any atom is -0.478 e. The molecule has 8 nitrogen and oxygen atoms in total. The fraction of sp³-hybridized carbons (Fsp3) is 0.143. The highest BCUT2D eigenvalue weighted by molar-refractivity contribution is 7.80. The summed E-state index contributed by atoms with van der Waals surface area (Å²) in [6.45, 7) is 0.388. The van der Waals surface area contributed by atoms with Crippen molar-refractivity contribution < 1.29 is 14.7 Å². The van der Waals surface area contributed by atoms with Crippen LogP contribution in [0.25, 0.3) is 5.69 Å². The number of anilines is 1. The molecule has 2 aromatic heterocycles. The van der Waals surface area contributed by atoms with Crippen molar-refractivity contribution in [2.75, 3.05) is 11.9 Å². The van der Waals surface area contributed by atoms with Crippen LogP contribution in [0, 0.1) is 0 Å². The largest absolute Gasteiger partial charge is 0.478 e. The lowest BCUT2D eigenvalue weighted by molar-refractivity contribution is -0.116. The monoisotopic (exact) mass is 511 g/mol. The number of aromatic carboxylic acids is 1. The van der Waals surface area contributed by atoms with E-state index in [1.54, 1.807) is 24.4 Å². The van der Waals surface area contributed by atoms with E-state index in [-0.39, 0.29) is 30.0 Å². The van der Waals surface area contributed by atoms with E-state index < -0.39 is 5.97 Å². The Morgan fingerprint density at radius 2 is 1.81 bits per heavy atom. The number of rotatable bonds is 8. The van der Waals surface area contributed by atoms with Crippen molar-refractivity contribution in [1.82, 2.24) is 19.8 Å². The highest BCUT2D eigenvalue weighted by Crippen LogP contribution is 2.39. The van der Waals surface area contributed by atoms with E-state index in [4.69, 9.17) is 12.2 Å². The molecular formula is C28H25N5O3S. The van der Waals surface area contributed by atoms with Crippen molar-refractivity contribution in [3.63, 3.8) is 0 Å². The molecule has 0 unspecified atom stereocenters. The predicted octanol–water partition coefficient (Wildman–Crippen LogP) is 4.57. The summed E-state index contributed by atoms with van der Waals surface area (Å²) in [5.41, 5.74) is 3.38. The van der Waals surface area contributed by atoms with Crippen LogP contribution in [0.1, 0.15) is 40.3 Å². The molecule has 1 fully saturated rings. The third-order valence-corrected chi connectivity index (χ3v) is 6.64. The smallest absolute Gasteiger partial charge is 0.335 e. The first kappa shape index (κ1) is 24.2. The molecule has 3 N–H and O–H groups in total. The molecule has 2 atom stereocenters. The Kier molecular flexibility index (Phi) is 6.96. The van der Waals surface area contributed by atoms with Gasteiger partial charge in [0, 0.05) is 42.4 Å². The van der Waals surface area contributed by atoms with Gasteiger partial charge in [-0.3, -0.25) is 9.78 Å². The van der Waals surface area contributed by atoms with Crippen LogP contribution in [0.3, 0.4) is 0 Å². The number of hydrogen-bond acceptors (Lipinski definition) is 4. The van der Waals surface area contributed by atoms with E-state index in [9.17, 15) is 14.7 Å². The van der Waals surface area contributed by atoms with Crippen molar-refractivity contribution in [3.05, 3.63) is 114 Å². The van der Waals surface area contributed by atoms with Crippen LogP contribution < -0.4 is 10.6 Å². The Bertz CT molecular complexity index is 1420. The van der Waals surface area contributed by atoms with Gasteiger partial charge in [-0.15, -0.1) is 0 Å². The van der Waals surface area contributed by atoms with E-state index in [1.165, 1.54) is 0 Å². The van der Waals surface area contributed by atoms with Gasteiger partial charge >= 0.3 is 5.97 Å². The normalized spacial score (nSPS) is 16.9. The lowest BCUT2D eigenvalue weighted by atomic mass is 10.0. The molecule has 0 saturated carbocycles. The van der Waals surface area contributed by atoms with Crippen LogP contribution in [0.15, 0.2) is 97.3 Å². The van der Waals surface area contributed by atoms with Gasteiger partial charge in [0.05, 0.1) is 23.3 Å². The van der Waals surface area contributed by atoms with E-state index in [0.717, 1.165) is 22.8 Å². The zero-order valence-electron chi connectivity index (χ0n) is 19.8. The quantitative estimate of drug-likeness (QED) is 0.298. The van der Waals surface area contributed by atoms with Gasteiger partial charge in [0.25, 0.3) is 0 Å². The van der Waals surface area contributed by atoms with Crippen molar-refractivity contribution in [2.45, 2.75) is 18.5 Å². The number of carbonyl (C=O) groups is 2. The van der Waals surface area contributed by atoms with Gasteiger partial charge in [-0.05, 0) is 66.8 Å². The Hall–Kier alpha value is -4.50. The van der Waals surface area contributed by atoms with E-state index in [0.29, 0.717) is 11.7 Å². The van der Waals surface area contributed by atoms with Crippen LogP contribution in [-0.2, 0) is 4.79 Å². The molecule has 9 heteroatoms. The van der Waals surface area contributed by atoms with Crippen molar-refractivity contribution in [1.29, 1.82) is 0 Å². The van der Waals surface area contributed by atoms with E-state index >= 15 is 0 Å². The van der Waals surface area contributed by atoms with Gasteiger partial charge in [0.15, 0.2) is 5.11 Å². The molecule has 0 aliphatic carbocycles. The number of carboxylic acid groups (broad SMARTS) is 1. The summed E-state index contributed by atoms with van der Waals surface area (Å²) in [5, 5.41) is 16.3. The maximum Gasteiger partial charge on any atom is 0.335 e. The first-order valence-electron chi connectivity index (χ1n) is 11.9. The highest BCUT2D eigenvalue weighted by atomic mass is 32.1. The summed E-state index contributed by atoms with van der Waals surface area (Å²) >= 11 is 5.73. The molecule has 0 bridgehead atoms.